The molecule has 1 fully saturated rings. The number of hydrogen-bond acceptors (Lipinski definition) is 4. The van der Waals surface area contributed by atoms with Crippen LogP contribution in [0.1, 0.15) is 43.3 Å². The number of nitrogens with one attached hydrogen (secondary N) is 1. The van der Waals surface area contributed by atoms with Gasteiger partial charge in [-0.1, -0.05) is 6.92 Å². The first-order valence-corrected chi connectivity index (χ1v) is 8.01. The van der Waals surface area contributed by atoms with Gasteiger partial charge < -0.3 is 5.32 Å². The van der Waals surface area contributed by atoms with Crippen molar-refractivity contribution in [3.63, 3.8) is 0 Å². The third-order valence-electron chi connectivity index (χ3n) is 3.64. The van der Waals surface area contributed by atoms with Crippen LogP contribution in [0.15, 0.2) is 5.38 Å². The smallest absolute Gasteiger partial charge is 0.0928 e. The summed E-state index contributed by atoms with van der Waals surface area (Å²) in [6.07, 6.45) is 6.20. The molecule has 118 valence electrons. The Labute approximate surface area is 139 Å². The summed E-state index contributed by atoms with van der Waals surface area (Å²) in [7, 11) is 2.24. The average molecular weight is 340 g/mol. The van der Waals surface area contributed by atoms with Crippen LogP contribution in [-0.2, 0) is 13.0 Å². The Hall–Kier alpha value is 0.130. The lowest BCUT2D eigenvalue weighted by Crippen LogP contribution is -2.32. The van der Waals surface area contributed by atoms with Crippen molar-refractivity contribution in [3.05, 3.63) is 16.1 Å². The summed E-state index contributed by atoms with van der Waals surface area (Å²) < 4.78 is 0. The van der Waals surface area contributed by atoms with Gasteiger partial charge in [0.2, 0.25) is 0 Å². The maximum absolute atomic E-state index is 4.72. The Bertz CT molecular complexity index is 352. The van der Waals surface area contributed by atoms with Crippen LogP contribution < -0.4 is 5.32 Å². The molecule has 1 unspecified atom stereocenters. The molecule has 0 saturated carbocycles. The number of aromatic nitrogens is 1. The van der Waals surface area contributed by atoms with Gasteiger partial charge in [0.1, 0.15) is 0 Å². The van der Waals surface area contributed by atoms with Crippen LogP contribution in [0, 0.1) is 0 Å². The number of nitrogens with zero attached hydrogens (tertiary/aromatic N) is 2. The van der Waals surface area contributed by atoms with Crippen molar-refractivity contribution in [3.8, 4) is 0 Å². The zero-order valence-corrected chi connectivity index (χ0v) is 14.9. The van der Waals surface area contributed by atoms with E-state index >= 15 is 0 Å². The molecule has 2 rings (SSSR count). The van der Waals surface area contributed by atoms with Crippen LogP contribution >= 0.6 is 36.2 Å². The lowest BCUT2D eigenvalue weighted by molar-refractivity contribution is 0.214. The molecule has 0 aromatic carbocycles. The van der Waals surface area contributed by atoms with Gasteiger partial charge in [-0.25, -0.2) is 4.98 Å². The highest BCUT2D eigenvalue weighted by Crippen LogP contribution is 2.17. The summed E-state index contributed by atoms with van der Waals surface area (Å²) in [5, 5.41) is 7.00. The van der Waals surface area contributed by atoms with E-state index in [-0.39, 0.29) is 24.8 Å². The van der Waals surface area contributed by atoms with E-state index in [0.29, 0.717) is 0 Å². The van der Waals surface area contributed by atoms with Crippen LogP contribution in [0.25, 0.3) is 0 Å². The van der Waals surface area contributed by atoms with E-state index < -0.39 is 0 Å². The average Bonchev–Trinajstić information content (AvgIpc) is 2.65. The monoisotopic (exact) mass is 339 g/mol. The Balaban J connectivity index is 0.00000180. The minimum atomic E-state index is 0. The second-order valence-electron chi connectivity index (χ2n) is 5.23. The quantitative estimate of drug-likeness (QED) is 0.889. The highest BCUT2D eigenvalue weighted by Gasteiger charge is 2.17. The highest BCUT2D eigenvalue weighted by atomic mass is 35.5. The summed E-state index contributed by atoms with van der Waals surface area (Å²) in [5.41, 5.74) is 1.25. The van der Waals surface area contributed by atoms with E-state index in [0.717, 1.165) is 25.6 Å². The van der Waals surface area contributed by atoms with Gasteiger partial charge in [0.15, 0.2) is 0 Å². The molecular formula is C14H27Cl2N3S. The van der Waals surface area contributed by atoms with Gasteiger partial charge in [-0.15, -0.1) is 36.2 Å². The second kappa shape index (κ2) is 10.8. The second-order valence-corrected chi connectivity index (χ2v) is 6.18. The Morgan fingerprint density at radius 2 is 2.15 bits per heavy atom. The lowest BCUT2D eigenvalue weighted by Gasteiger charge is -2.25. The number of aryl methyl sites for hydroxylation is 1. The molecule has 1 aliphatic rings. The van der Waals surface area contributed by atoms with E-state index in [1.807, 2.05) is 11.3 Å². The van der Waals surface area contributed by atoms with Gasteiger partial charge in [-0.2, -0.15) is 0 Å². The van der Waals surface area contributed by atoms with Crippen molar-refractivity contribution in [2.75, 3.05) is 20.1 Å². The zero-order chi connectivity index (χ0) is 12.8. The van der Waals surface area contributed by atoms with Crippen molar-refractivity contribution in [2.24, 2.45) is 0 Å². The normalized spacial score (nSPS) is 19.1. The molecule has 1 atom stereocenters. The van der Waals surface area contributed by atoms with Gasteiger partial charge in [-0.05, 0) is 52.2 Å². The maximum atomic E-state index is 4.72. The van der Waals surface area contributed by atoms with Gasteiger partial charge >= 0.3 is 0 Å². The summed E-state index contributed by atoms with van der Waals surface area (Å²) in [6, 6.07) is 0.719. The molecule has 6 heteroatoms. The van der Waals surface area contributed by atoms with Crippen LogP contribution in [0.3, 0.4) is 0 Å². The first-order valence-electron chi connectivity index (χ1n) is 7.14. The molecule has 1 saturated heterocycles. The molecule has 0 spiro atoms. The van der Waals surface area contributed by atoms with Gasteiger partial charge in [0.05, 0.1) is 10.7 Å². The molecule has 0 radical (unpaired) electrons. The molecule has 0 amide bonds. The molecule has 1 N–H and O–H groups in total. The third kappa shape index (κ3) is 6.27. The van der Waals surface area contributed by atoms with Crippen LogP contribution in [0.2, 0.25) is 0 Å². The fourth-order valence-electron chi connectivity index (χ4n) is 2.58. The molecule has 1 aromatic rings. The molecule has 1 aromatic heterocycles. The SMILES string of the molecule is CCCc1nc(CN(C)C2CCCNCC2)cs1.Cl.Cl. The summed E-state index contributed by atoms with van der Waals surface area (Å²) in [4.78, 5) is 7.20. The standard InChI is InChI=1S/C14H25N3S.2ClH/c1-3-5-14-16-12(11-18-14)10-17(2)13-6-4-8-15-9-7-13;;/h11,13,15H,3-10H2,1-2H3;2*1H. The number of halogens is 2. The summed E-state index contributed by atoms with van der Waals surface area (Å²) >= 11 is 1.82. The largest absolute Gasteiger partial charge is 0.317 e. The highest BCUT2D eigenvalue weighted by molar-refractivity contribution is 7.09. The lowest BCUT2D eigenvalue weighted by atomic mass is 10.1. The first-order chi connectivity index (χ1) is 8.79. The number of thiazole rings is 1. The van der Waals surface area contributed by atoms with E-state index in [4.69, 9.17) is 4.98 Å². The molecule has 0 aliphatic carbocycles. The van der Waals surface area contributed by atoms with Crippen molar-refractivity contribution < 1.29 is 0 Å². The Morgan fingerprint density at radius 1 is 1.35 bits per heavy atom. The van der Waals surface area contributed by atoms with Crippen molar-refractivity contribution in [2.45, 2.75) is 51.6 Å². The van der Waals surface area contributed by atoms with Crippen LogP contribution in [-0.4, -0.2) is 36.1 Å². The number of hydrogen-bond donors (Lipinski definition) is 1. The summed E-state index contributed by atoms with van der Waals surface area (Å²) in [5.74, 6) is 0. The predicted octanol–water partition coefficient (Wildman–Crippen LogP) is 3.51. The third-order valence-corrected chi connectivity index (χ3v) is 4.60. The van der Waals surface area contributed by atoms with Crippen LogP contribution in [0.5, 0.6) is 0 Å². The molecule has 20 heavy (non-hydrogen) atoms. The minimum absolute atomic E-state index is 0. The zero-order valence-electron chi connectivity index (χ0n) is 12.4. The molecule has 3 nitrogen and oxygen atoms in total. The fraction of sp³-hybridized carbons (Fsp3) is 0.786. The van der Waals surface area contributed by atoms with Crippen molar-refractivity contribution >= 4 is 36.2 Å². The van der Waals surface area contributed by atoms with Gasteiger partial charge in [-0.3, -0.25) is 4.90 Å². The molecule has 2 heterocycles. The Kier molecular flexibility index (Phi) is 10.9. The van der Waals surface area contributed by atoms with Gasteiger partial charge in [0.25, 0.3) is 0 Å². The first kappa shape index (κ1) is 20.1. The Morgan fingerprint density at radius 3 is 2.90 bits per heavy atom. The van der Waals surface area contributed by atoms with Crippen molar-refractivity contribution in [1.82, 2.24) is 15.2 Å². The van der Waals surface area contributed by atoms with Gasteiger partial charge in [0, 0.05) is 18.0 Å². The maximum Gasteiger partial charge on any atom is 0.0928 e. The van der Waals surface area contributed by atoms with E-state index in [1.54, 1.807) is 0 Å². The summed E-state index contributed by atoms with van der Waals surface area (Å²) in [6.45, 7) is 5.56. The van der Waals surface area contributed by atoms with Crippen LogP contribution in [0.4, 0.5) is 0 Å². The molecular weight excluding hydrogens is 313 g/mol. The number of rotatable bonds is 5. The molecule has 1 aliphatic heterocycles. The predicted molar refractivity (Wildman–Crippen MR) is 92.6 cm³/mol. The fourth-order valence-corrected chi connectivity index (χ4v) is 3.47. The topological polar surface area (TPSA) is 28.2 Å². The van der Waals surface area contributed by atoms with E-state index in [2.05, 4.69) is 29.6 Å². The minimum Gasteiger partial charge on any atom is -0.317 e. The van der Waals surface area contributed by atoms with E-state index in [9.17, 15) is 0 Å². The molecule has 0 bridgehead atoms. The van der Waals surface area contributed by atoms with E-state index in [1.165, 1.54) is 42.9 Å². The van der Waals surface area contributed by atoms with Crippen molar-refractivity contribution in [1.29, 1.82) is 0 Å².